The number of benzene rings is 1. The first-order valence-corrected chi connectivity index (χ1v) is 11.2. The molecule has 0 aliphatic carbocycles. The molecule has 0 amide bonds. The average Bonchev–Trinajstić information content (AvgIpc) is 3.31. The van der Waals surface area contributed by atoms with Gasteiger partial charge in [-0.1, -0.05) is 34.5 Å². The highest BCUT2D eigenvalue weighted by Gasteiger charge is 2.32. The van der Waals surface area contributed by atoms with Crippen LogP contribution in [0.4, 0.5) is 0 Å². The lowest BCUT2D eigenvalue weighted by molar-refractivity contribution is 0.307. The predicted molar refractivity (Wildman–Crippen MR) is 105 cm³/mol. The quantitative estimate of drug-likeness (QED) is 0.624. The number of hydrogen-bond acceptors (Lipinski definition) is 6. The molecule has 6 nitrogen and oxygen atoms in total. The third kappa shape index (κ3) is 3.80. The summed E-state index contributed by atoms with van der Waals surface area (Å²) in [5.41, 5.74) is 2.02. The van der Waals surface area contributed by atoms with Crippen LogP contribution in [0.2, 0.25) is 4.34 Å². The van der Waals surface area contributed by atoms with Gasteiger partial charge in [0.15, 0.2) is 5.82 Å². The molecule has 27 heavy (non-hydrogen) atoms. The smallest absolute Gasteiger partial charge is 0.257 e. The Labute approximate surface area is 166 Å². The molecule has 0 spiro atoms. The molecule has 0 N–H and O–H groups in total. The Morgan fingerprint density at radius 3 is 2.67 bits per heavy atom. The first-order chi connectivity index (χ1) is 12.9. The van der Waals surface area contributed by atoms with Crippen LogP contribution in [0, 0.1) is 6.92 Å². The molecule has 1 aliphatic rings. The molecule has 0 unspecified atom stereocenters. The second-order valence-electron chi connectivity index (χ2n) is 6.56. The fourth-order valence-electron chi connectivity index (χ4n) is 3.21. The molecule has 2 aromatic heterocycles. The zero-order valence-corrected chi connectivity index (χ0v) is 17.0. The Balaban J connectivity index is 1.45. The monoisotopic (exact) mass is 423 g/mol. The number of aryl methyl sites for hydroxylation is 1. The van der Waals surface area contributed by atoms with Crippen LogP contribution in [0.1, 0.15) is 30.1 Å². The summed E-state index contributed by atoms with van der Waals surface area (Å²) in [7, 11) is -3.49. The van der Waals surface area contributed by atoms with Crippen molar-refractivity contribution in [2.45, 2.75) is 29.9 Å². The number of sulfonamides is 1. The number of nitrogens with zero attached hydrogens (tertiary/aromatic N) is 3. The van der Waals surface area contributed by atoms with Gasteiger partial charge in [-0.2, -0.15) is 9.29 Å². The molecule has 1 fully saturated rings. The van der Waals surface area contributed by atoms with Crippen molar-refractivity contribution in [2.75, 3.05) is 13.1 Å². The summed E-state index contributed by atoms with van der Waals surface area (Å²) < 4.78 is 33.1. The predicted octanol–water partition coefficient (Wildman–Crippen LogP) is 4.33. The number of hydrogen-bond donors (Lipinski definition) is 0. The molecule has 1 saturated heterocycles. The van der Waals surface area contributed by atoms with E-state index in [2.05, 4.69) is 10.1 Å². The standard InChI is InChI=1S/C18H18ClN3O3S2/c1-12-3-2-4-14(11-12)18-20-17(21-25-18)13-7-9-22(10-8-13)27(23,24)16-6-5-15(19)26-16/h2-6,11,13H,7-10H2,1H3. The van der Waals surface area contributed by atoms with E-state index < -0.39 is 10.0 Å². The van der Waals surface area contributed by atoms with Gasteiger partial charge in [-0.25, -0.2) is 8.42 Å². The van der Waals surface area contributed by atoms with E-state index in [4.69, 9.17) is 16.1 Å². The minimum absolute atomic E-state index is 0.0886. The number of halogens is 1. The van der Waals surface area contributed by atoms with Crippen molar-refractivity contribution in [3.05, 3.63) is 52.1 Å². The third-order valence-corrected chi connectivity index (χ3v) is 8.27. The number of aromatic nitrogens is 2. The van der Waals surface area contributed by atoms with E-state index in [1.807, 2.05) is 31.2 Å². The highest BCUT2D eigenvalue weighted by molar-refractivity contribution is 7.91. The van der Waals surface area contributed by atoms with Crippen molar-refractivity contribution < 1.29 is 12.9 Å². The minimum Gasteiger partial charge on any atom is -0.334 e. The summed E-state index contributed by atoms with van der Waals surface area (Å²) in [6.45, 7) is 2.87. The average molecular weight is 424 g/mol. The molecule has 0 radical (unpaired) electrons. The van der Waals surface area contributed by atoms with Crippen molar-refractivity contribution in [1.29, 1.82) is 0 Å². The highest BCUT2D eigenvalue weighted by atomic mass is 35.5. The van der Waals surface area contributed by atoms with Gasteiger partial charge >= 0.3 is 0 Å². The van der Waals surface area contributed by atoms with Crippen molar-refractivity contribution in [3.63, 3.8) is 0 Å². The summed E-state index contributed by atoms with van der Waals surface area (Å²) in [6, 6.07) is 11.1. The fourth-order valence-corrected chi connectivity index (χ4v) is 6.32. The molecular weight excluding hydrogens is 406 g/mol. The van der Waals surface area contributed by atoms with Gasteiger partial charge in [0.1, 0.15) is 4.21 Å². The number of rotatable bonds is 4. The Bertz CT molecular complexity index is 1050. The molecule has 4 rings (SSSR count). The van der Waals surface area contributed by atoms with Crippen LogP contribution in [-0.4, -0.2) is 36.0 Å². The minimum atomic E-state index is -3.49. The topological polar surface area (TPSA) is 76.3 Å². The lowest BCUT2D eigenvalue weighted by atomic mass is 9.97. The third-order valence-electron chi connectivity index (χ3n) is 4.67. The van der Waals surface area contributed by atoms with E-state index >= 15 is 0 Å². The van der Waals surface area contributed by atoms with E-state index in [9.17, 15) is 8.42 Å². The molecule has 1 aliphatic heterocycles. The Kier molecular flexibility index (Phi) is 5.07. The van der Waals surface area contributed by atoms with Crippen LogP contribution in [0.25, 0.3) is 11.5 Å². The maximum absolute atomic E-state index is 12.7. The van der Waals surface area contributed by atoms with E-state index in [0.29, 0.717) is 42.0 Å². The lowest BCUT2D eigenvalue weighted by Gasteiger charge is -2.29. The Morgan fingerprint density at radius 1 is 1.22 bits per heavy atom. The molecule has 1 aromatic carbocycles. The number of thiophene rings is 1. The fraction of sp³-hybridized carbons (Fsp3) is 0.333. The maximum Gasteiger partial charge on any atom is 0.257 e. The summed E-state index contributed by atoms with van der Waals surface area (Å²) in [4.78, 5) is 4.53. The van der Waals surface area contributed by atoms with Crippen LogP contribution in [0.15, 0.2) is 45.1 Å². The first-order valence-electron chi connectivity index (χ1n) is 8.59. The molecule has 0 saturated carbocycles. The summed E-state index contributed by atoms with van der Waals surface area (Å²) in [5.74, 6) is 1.23. The van der Waals surface area contributed by atoms with Crippen molar-refractivity contribution in [1.82, 2.24) is 14.4 Å². The van der Waals surface area contributed by atoms with Crippen molar-refractivity contribution in [3.8, 4) is 11.5 Å². The molecule has 9 heteroatoms. The van der Waals surface area contributed by atoms with Gasteiger partial charge in [-0.05, 0) is 44.0 Å². The van der Waals surface area contributed by atoms with Crippen LogP contribution >= 0.6 is 22.9 Å². The van der Waals surface area contributed by atoms with Gasteiger partial charge in [-0.3, -0.25) is 0 Å². The van der Waals surface area contributed by atoms with Crippen LogP contribution in [0.3, 0.4) is 0 Å². The Hall–Kier alpha value is -1.74. The van der Waals surface area contributed by atoms with Gasteiger partial charge in [0, 0.05) is 24.6 Å². The molecule has 0 atom stereocenters. The van der Waals surface area contributed by atoms with Gasteiger partial charge in [0.2, 0.25) is 0 Å². The normalized spacial score (nSPS) is 16.7. The lowest BCUT2D eigenvalue weighted by Crippen LogP contribution is -2.37. The van der Waals surface area contributed by atoms with Gasteiger partial charge in [0.25, 0.3) is 15.9 Å². The largest absolute Gasteiger partial charge is 0.334 e. The number of piperidine rings is 1. The molecular formula is C18H18ClN3O3S2. The summed E-state index contributed by atoms with van der Waals surface area (Å²) in [5, 5.41) is 4.13. The van der Waals surface area contributed by atoms with E-state index in [-0.39, 0.29) is 10.1 Å². The van der Waals surface area contributed by atoms with Gasteiger partial charge in [0.05, 0.1) is 4.34 Å². The van der Waals surface area contributed by atoms with E-state index in [0.717, 1.165) is 22.5 Å². The van der Waals surface area contributed by atoms with E-state index in [1.54, 1.807) is 12.1 Å². The zero-order chi connectivity index (χ0) is 19.0. The molecule has 0 bridgehead atoms. The van der Waals surface area contributed by atoms with Gasteiger partial charge < -0.3 is 4.52 Å². The maximum atomic E-state index is 12.7. The second kappa shape index (κ2) is 7.35. The van der Waals surface area contributed by atoms with Crippen molar-refractivity contribution in [2.24, 2.45) is 0 Å². The zero-order valence-electron chi connectivity index (χ0n) is 14.6. The SMILES string of the molecule is Cc1cccc(-c2nc(C3CCN(S(=O)(=O)c4ccc(Cl)s4)CC3)no2)c1. The van der Waals surface area contributed by atoms with Gasteiger partial charge in [-0.15, -0.1) is 11.3 Å². The molecule has 142 valence electrons. The highest BCUT2D eigenvalue weighted by Crippen LogP contribution is 2.33. The van der Waals surface area contributed by atoms with Crippen LogP contribution in [0.5, 0.6) is 0 Å². The van der Waals surface area contributed by atoms with E-state index in [1.165, 1.54) is 4.31 Å². The summed E-state index contributed by atoms with van der Waals surface area (Å²) in [6.07, 6.45) is 1.32. The molecule has 3 heterocycles. The van der Waals surface area contributed by atoms with Crippen molar-refractivity contribution >= 4 is 33.0 Å². The second-order valence-corrected chi connectivity index (χ2v) is 10.4. The summed E-state index contributed by atoms with van der Waals surface area (Å²) >= 11 is 6.96. The first kappa shape index (κ1) is 18.6. The molecule has 3 aromatic rings. The van der Waals surface area contributed by atoms with Crippen LogP contribution < -0.4 is 0 Å². The Morgan fingerprint density at radius 2 is 2.00 bits per heavy atom. The van der Waals surface area contributed by atoms with Crippen LogP contribution in [-0.2, 0) is 10.0 Å².